The first-order valence-electron chi connectivity index (χ1n) is 7.42. The van der Waals surface area contributed by atoms with E-state index in [2.05, 4.69) is 21.2 Å². The van der Waals surface area contributed by atoms with Crippen LogP contribution in [0, 0.1) is 12.7 Å². The fourth-order valence-electron chi connectivity index (χ4n) is 2.14. The zero-order valence-electron chi connectivity index (χ0n) is 13.5. The number of aryl methyl sites for hydroxylation is 1. The summed E-state index contributed by atoms with van der Waals surface area (Å²) in [7, 11) is 0. The van der Waals surface area contributed by atoms with E-state index >= 15 is 0 Å². The minimum Gasteiger partial charge on any atom is -0.350 e. The van der Waals surface area contributed by atoms with Gasteiger partial charge in [-0.3, -0.25) is 9.59 Å². The third-order valence-electron chi connectivity index (χ3n) is 3.55. The van der Waals surface area contributed by atoms with Gasteiger partial charge < -0.3 is 10.2 Å². The Balaban J connectivity index is 2.01. The van der Waals surface area contributed by atoms with Crippen LogP contribution < -0.4 is 10.2 Å². The molecule has 4 nitrogen and oxygen atoms in total. The summed E-state index contributed by atoms with van der Waals surface area (Å²) >= 11 is 3.43. The van der Waals surface area contributed by atoms with Gasteiger partial charge in [-0.05, 0) is 42.3 Å². The molecule has 0 spiro atoms. The number of nitrogens with zero attached hydrogens (tertiary/aromatic N) is 1. The van der Waals surface area contributed by atoms with Gasteiger partial charge in [0, 0.05) is 23.6 Å². The Hall–Kier alpha value is -2.21. The molecule has 0 aliphatic rings. The molecule has 1 N–H and O–H groups in total. The number of rotatable bonds is 5. The van der Waals surface area contributed by atoms with Gasteiger partial charge in [0.25, 0.3) is 0 Å². The zero-order chi connectivity index (χ0) is 17.7. The molecule has 0 aromatic heterocycles. The highest BCUT2D eigenvalue weighted by Gasteiger charge is 2.16. The number of carbonyl (C=O) groups is 2. The molecule has 2 aromatic carbocycles. The van der Waals surface area contributed by atoms with Crippen molar-refractivity contribution in [1.82, 2.24) is 5.32 Å². The van der Waals surface area contributed by atoms with Crippen LogP contribution in [0.25, 0.3) is 0 Å². The number of hydrogen-bond acceptors (Lipinski definition) is 2. The Bertz CT molecular complexity index is 747. The predicted octanol–water partition coefficient (Wildman–Crippen LogP) is 3.57. The van der Waals surface area contributed by atoms with Gasteiger partial charge in [0.1, 0.15) is 12.4 Å². The van der Waals surface area contributed by atoms with Gasteiger partial charge in [0.15, 0.2) is 0 Å². The van der Waals surface area contributed by atoms with Crippen molar-refractivity contribution in [3.05, 3.63) is 63.9 Å². The maximum Gasteiger partial charge on any atom is 0.240 e. The number of benzene rings is 2. The highest BCUT2D eigenvalue weighted by Crippen LogP contribution is 2.23. The first kappa shape index (κ1) is 18.1. The third-order valence-corrected chi connectivity index (χ3v) is 4.41. The summed E-state index contributed by atoms with van der Waals surface area (Å²) in [5.41, 5.74) is 2.48. The van der Waals surface area contributed by atoms with Crippen molar-refractivity contribution in [3.63, 3.8) is 0 Å². The van der Waals surface area contributed by atoms with Crippen molar-refractivity contribution in [2.45, 2.75) is 20.4 Å². The van der Waals surface area contributed by atoms with Crippen molar-refractivity contribution in [2.24, 2.45) is 0 Å². The van der Waals surface area contributed by atoms with Crippen LogP contribution in [0.15, 0.2) is 46.9 Å². The molecule has 126 valence electrons. The van der Waals surface area contributed by atoms with E-state index in [1.165, 1.54) is 24.0 Å². The summed E-state index contributed by atoms with van der Waals surface area (Å²) in [5.74, 6) is -0.827. The molecule has 0 bridgehead atoms. The van der Waals surface area contributed by atoms with E-state index in [0.717, 1.165) is 15.6 Å². The molecule has 0 aliphatic carbocycles. The van der Waals surface area contributed by atoms with Gasteiger partial charge in [-0.15, -0.1) is 0 Å². The van der Waals surface area contributed by atoms with E-state index in [-0.39, 0.29) is 30.7 Å². The second-order valence-corrected chi connectivity index (χ2v) is 6.30. The monoisotopic (exact) mass is 392 g/mol. The van der Waals surface area contributed by atoms with Crippen LogP contribution in [0.1, 0.15) is 18.1 Å². The SMILES string of the molecule is CC(=O)N(CC(=O)NCc1ccc(F)cc1)c1ccc(C)c(Br)c1. The molecule has 6 heteroatoms. The zero-order valence-corrected chi connectivity index (χ0v) is 15.1. The lowest BCUT2D eigenvalue weighted by atomic mass is 10.2. The van der Waals surface area contributed by atoms with Crippen molar-refractivity contribution < 1.29 is 14.0 Å². The van der Waals surface area contributed by atoms with Gasteiger partial charge in [-0.1, -0.05) is 34.1 Å². The van der Waals surface area contributed by atoms with Crippen LogP contribution in [0.3, 0.4) is 0 Å². The van der Waals surface area contributed by atoms with Crippen molar-refractivity contribution in [1.29, 1.82) is 0 Å². The molecule has 0 aliphatic heterocycles. The topological polar surface area (TPSA) is 49.4 Å². The quantitative estimate of drug-likeness (QED) is 0.845. The molecule has 2 aromatic rings. The molecule has 0 fully saturated rings. The lowest BCUT2D eigenvalue weighted by Crippen LogP contribution is -2.39. The molecule has 0 unspecified atom stereocenters. The van der Waals surface area contributed by atoms with E-state index in [1.54, 1.807) is 18.2 Å². The van der Waals surface area contributed by atoms with Gasteiger partial charge in [0.05, 0.1) is 0 Å². The number of halogens is 2. The fourth-order valence-corrected chi connectivity index (χ4v) is 2.50. The van der Waals surface area contributed by atoms with E-state index in [1.807, 2.05) is 19.1 Å². The second-order valence-electron chi connectivity index (χ2n) is 5.44. The molecule has 0 radical (unpaired) electrons. The second kappa shape index (κ2) is 8.06. The number of carbonyl (C=O) groups excluding carboxylic acids is 2. The van der Waals surface area contributed by atoms with Gasteiger partial charge in [-0.2, -0.15) is 0 Å². The lowest BCUT2D eigenvalue weighted by Gasteiger charge is -2.21. The predicted molar refractivity (Wildman–Crippen MR) is 95.2 cm³/mol. The molecule has 2 rings (SSSR count). The molecule has 0 atom stereocenters. The van der Waals surface area contributed by atoms with Crippen molar-refractivity contribution >= 4 is 33.4 Å². The Morgan fingerprint density at radius 3 is 2.42 bits per heavy atom. The van der Waals surface area contributed by atoms with Crippen molar-refractivity contribution in [3.8, 4) is 0 Å². The van der Waals surface area contributed by atoms with Crippen LogP contribution in [0.5, 0.6) is 0 Å². The Morgan fingerprint density at radius 2 is 1.83 bits per heavy atom. The van der Waals surface area contributed by atoms with Crippen LogP contribution in [-0.2, 0) is 16.1 Å². The molecule has 0 heterocycles. The fraction of sp³-hybridized carbons (Fsp3) is 0.222. The Morgan fingerprint density at radius 1 is 1.17 bits per heavy atom. The maximum atomic E-state index is 12.9. The van der Waals surface area contributed by atoms with Crippen molar-refractivity contribution in [2.75, 3.05) is 11.4 Å². The van der Waals surface area contributed by atoms with Gasteiger partial charge >= 0.3 is 0 Å². The maximum absolute atomic E-state index is 12.9. The highest BCUT2D eigenvalue weighted by atomic mass is 79.9. The summed E-state index contributed by atoms with van der Waals surface area (Å²) in [6.45, 7) is 3.57. The molecular weight excluding hydrogens is 375 g/mol. The average Bonchev–Trinajstić information content (AvgIpc) is 2.54. The molecule has 0 saturated heterocycles. The first-order chi connectivity index (χ1) is 11.4. The standard InChI is InChI=1S/C18H18BrFN2O2/c1-12-3-8-16(9-17(12)19)22(13(2)23)11-18(24)21-10-14-4-6-15(20)7-5-14/h3-9H,10-11H2,1-2H3,(H,21,24). The summed E-state index contributed by atoms with van der Waals surface area (Å²) in [6.07, 6.45) is 0. The van der Waals surface area contributed by atoms with Crippen LogP contribution >= 0.6 is 15.9 Å². The molecule has 0 saturated carbocycles. The lowest BCUT2D eigenvalue weighted by molar-refractivity contribution is -0.123. The third kappa shape index (κ3) is 4.89. The smallest absolute Gasteiger partial charge is 0.240 e. The number of hydrogen-bond donors (Lipinski definition) is 1. The summed E-state index contributed by atoms with van der Waals surface area (Å²) in [4.78, 5) is 25.4. The van der Waals surface area contributed by atoms with E-state index in [0.29, 0.717) is 5.69 Å². The van der Waals surface area contributed by atoms with E-state index in [4.69, 9.17) is 0 Å². The first-order valence-corrected chi connectivity index (χ1v) is 8.21. The van der Waals surface area contributed by atoms with Crippen LogP contribution in [-0.4, -0.2) is 18.4 Å². The highest BCUT2D eigenvalue weighted by molar-refractivity contribution is 9.10. The number of nitrogens with one attached hydrogen (secondary N) is 1. The molecular formula is C18H18BrFN2O2. The number of amides is 2. The largest absolute Gasteiger partial charge is 0.350 e. The molecule has 24 heavy (non-hydrogen) atoms. The summed E-state index contributed by atoms with van der Waals surface area (Å²) in [5, 5.41) is 2.73. The number of anilines is 1. The van der Waals surface area contributed by atoms with E-state index < -0.39 is 0 Å². The normalized spacial score (nSPS) is 10.3. The summed E-state index contributed by atoms with van der Waals surface area (Å²) < 4.78 is 13.7. The summed E-state index contributed by atoms with van der Waals surface area (Å²) in [6, 6.07) is 11.4. The minimum absolute atomic E-state index is 0.0774. The Labute approximate surface area is 148 Å². The van der Waals surface area contributed by atoms with Crippen LogP contribution in [0.4, 0.5) is 10.1 Å². The van der Waals surface area contributed by atoms with Crippen LogP contribution in [0.2, 0.25) is 0 Å². The van der Waals surface area contributed by atoms with E-state index in [9.17, 15) is 14.0 Å². The molecule has 2 amide bonds. The Kier molecular flexibility index (Phi) is 6.09. The minimum atomic E-state index is -0.322. The average molecular weight is 393 g/mol. The van der Waals surface area contributed by atoms with Gasteiger partial charge in [0.2, 0.25) is 11.8 Å². The van der Waals surface area contributed by atoms with Gasteiger partial charge in [-0.25, -0.2) is 4.39 Å².